The van der Waals surface area contributed by atoms with Gasteiger partial charge in [0.15, 0.2) is 23.2 Å². The van der Waals surface area contributed by atoms with Crippen LogP contribution in [0.5, 0.6) is 5.75 Å². The lowest BCUT2D eigenvalue weighted by molar-refractivity contribution is -0.118. The molecule has 3 aromatic heterocycles. The van der Waals surface area contributed by atoms with Gasteiger partial charge in [0.25, 0.3) is 11.8 Å². The highest BCUT2D eigenvalue weighted by Crippen LogP contribution is 2.34. The molecule has 9 nitrogen and oxygen atoms in total. The Morgan fingerprint density at radius 3 is 3.00 bits per heavy atom. The number of thiazole rings is 1. The van der Waals surface area contributed by atoms with Gasteiger partial charge in [-0.2, -0.15) is 0 Å². The van der Waals surface area contributed by atoms with Crippen LogP contribution in [0.4, 0.5) is 10.8 Å². The summed E-state index contributed by atoms with van der Waals surface area (Å²) in [5, 5.41) is 11.5. The molecule has 4 aromatic rings. The maximum atomic E-state index is 12.5. The summed E-state index contributed by atoms with van der Waals surface area (Å²) in [6, 6.07) is 10.5. The van der Waals surface area contributed by atoms with Gasteiger partial charge in [-0.25, -0.2) is 4.98 Å². The van der Waals surface area contributed by atoms with Crippen LogP contribution in [-0.4, -0.2) is 33.5 Å². The summed E-state index contributed by atoms with van der Waals surface area (Å²) in [5.74, 6) is 0.425. The number of hydrogen-bond acceptors (Lipinski definition) is 8. The fourth-order valence-corrected chi connectivity index (χ4v) is 3.61. The van der Waals surface area contributed by atoms with Gasteiger partial charge >= 0.3 is 0 Å². The largest absolute Gasteiger partial charge is 0.482 e. The van der Waals surface area contributed by atoms with Crippen LogP contribution in [0.3, 0.4) is 0 Å². The Morgan fingerprint density at radius 1 is 1.20 bits per heavy atom. The minimum absolute atomic E-state index is 0.00374. The molecule has 0 saturated heterocycles. The van der Waals surface area contributed by atoms with E-state index in [0.717, 1.165) is 11.1 Å². The van der Waals surface area contributed by atoms with E-state index in [1.165, 1.54) is 11.3 Å². The molecule has 4 heterocycles. The Bertz CT molecular complexity index is 1250. The monoisotopic (exact) mass is 419 g/mol. The topological polar surface area (TPSA) is 119 Å². The number of nitrogens with zero attached hydrogens (tertiary/aromatic N) is 3. The van der Waals surface area contributed by atoms with Crippen molar-refractivity contribution in [2.24, 2.45) is 0 Å². The highest BCUT2D eigenvalue weighted by atomic mass is 32.1. The molecule has 0 radical (unpaired) electrons. The number of aromatic nitrogens is 3. The minimum Gasteiger partial charge on any atom is -0.482 e. The number of carbonyl (C=O) groups excluding carboxylic acids is 2. The van der Waals surface area contributed by atoms with Crippen LogP contribution >= 0.6 is 11.3 Å². The van der Waals surface area contributed by atoms with E-state index in [-0.39, 0.29) is 18.2 Å². The predicted octanol–water partition coefficient (Wildman–Crippen LogP) is 3.44. The molecule has 0 aliphatic carbocycles. The normalized spacial score (nSPS) is 12.6. The van der Waals surface area contributed by atoms with Gasteiger partial charge in [-0.1, -0.05) is 5.16 Å². The second kappa shape index (κ2) is 7.41. The van der Waals surface area contributed by atoms with Crippen molar-refractivity contribution < 1.29 is 18.8 Å². The van der Waals surface area contributed by atoms with Crippen molar-refractivity contribution in [3.8, 4) is 28.3 Å². The number of pyridine rings is 1. The molecule has 0 unspecified atom stereocenters. The molecule has 0 saturated carbocycles. The number of fused-ring (bicyclic) bond motifs is 1. The highest BCUT2D eigenvalue weighted by molar-refractivity contribution is 7.14. The fraction of sp³-hybridized carbons (Fsp3) is 0.0500. The van der Waals surface area contributed by atoms with E-state index >= 15 is 0 Å². The zero-order valence-electron chi connectivity index (χ0n) is 15.3. The van der Waals surface area contributed by atoms with Gasteiger partial charge in [0.1, 0.15) is 5.75 Å². The Labute approximate surface area is 173 Å². The summed E-state index contributed by atoms with van der Waals surface area (Å²) >= 11 is 1.28. The van der Waals surface area contributed by atoms with E-state index in [1.54, 1.807) is 36.7 Å². The number of rotatable bonds is 4. The smallest absolute Gasteiger partial charge is 0.279 e. The molecule has 0 bridgehead atoms. The highest BCUT2D eigenvalue weighted by Gasteiger charge is 2.18. The number of amides is 2. The molecule has 1 aliphatic rings. The summed E-state index contributed by atoms with van der Waals surface area (Å²) in [5.41, 5.74) is 2.90. The molecule has 2 amide bonds. The van der Waals surface area contributed by atoms with Gasteiger partial charge in [-0.3, -0.25) is 19.9 Å². The van der Waals surface area contributed by atoms with Crippen LogP contribution in [0.15, 0.2) is 58.7 Å². The fourth-order valence-electron chi connectivity index (χ4n) is 2.89. The molecule has 10 heteroatoms. The zero-order valence-corrected chi connectivity index (χ0v) is 16.1. The first-order valence-electron chi connectivity index (χ1n) is 8.87. The molecule has 5 rings (SSSR count). The first kappa shape index (κ1) is 18.0. The minimum atomic E-state index is -0.430. The Balaban J connectivity index is 1.32. The first-order valence-corrected chi connectivity index (χ1v) is 9.75. The summed E-state index contributed by atoms with van der Waals surface area (Å²) in [6.45, 7) is 0.00374. The van der Waals surface area contributed by atoms with E-state index < -0.39 is 5.91 Å². The summed E-state index contributed by atoms with van der Waals surface area (Å²) in [7, 11) is 0. The van der Waals surface area contributed by atoms with Crippen LogP contribution in [0.2, 0.25) is 0 Å². The van der Waals surface area contributed by atoms with Gasteiger partial charge in [-0.15, -0.1) is 11.3 Å². The van der Waals surface area contributed by atoms with E-state index in [4.69, 9.17) is 9.26 Å². The van der Waals surface area contributed by atoms with E-state index in [0.29, 0.717) is 28.0 Å². The molecular formula is C20H13N5O4S. The van der Waals surface area contributed by atoms with E-state index in [2.05, 4.69) is 25.8 Å². The average Bonchev–Trinajstić information content (AvgIpc) is 3.44. The number of nitrogens with one attached hydrogen (secondary N) is 2. The van der Waals surface area contributed by atoms with Gasteiger partial charge in [0, 0.05) is 35.0 Å². The number of anilines is 2. The van der Waals surface area contributed by atoms with Crippen molar-refractivity contribution in [1.82, 2.24) is 15.1 Å². The number of benzene rings is 1. The zero-order chi connectivity index (χ0) is 20.5. The third-order valence-corrected chi connectivity index (χ3v) is 5.08. The molecule has 0 fully saturated rings. The van der Waals surface area contributed by atoms with Gasteiger partial charge in [0.05, 0.1) is 11.4 Å². The lowest BCUT2D eigenvalue weighted by Crippen LogP contribution is -2.25. The Morgan fingerprint density at radius 2 is 2.13 bits per heavy atom. The van der Waals surface area contributed by atoms with Crippen molar-refractivity contribution in [3.05, 3.63) is 59.9 Å². The predicted molar refractivity (Wildman–Crippen MR) is 109 cm³/mol. The average molecular weight is 419 g/mol. The molecule has 0 spiro atoms. The maximum absolute atomic E-state index is 12.5. The molecular weight excluding hydrogens is 406 g/mol. The molecule has 1 aliphatic heterocycles. The number of ether oxygens (including phenoxy) is 1. The molecule has 30 heavy (non-hydrogen) atoms. The van der Waals surface area contributed by atoms with E-state index in [9.17, 15) is 9.59 Å². The second-order valence-electron chi connectivity index (χ2n) is 6.36. The van der Waals surface area contributed by atoms with Crippen LogP contribution in [0.1, 0.15) is 10.5 Å². The SMILES string of the molecule is O=C1COc2ccc(-c3csc(NC(=O)c4cc(-c5cccnc5)on4)n3)cc2N1. The van der Waals surface area contributed by atoms with Crippen molar-refractivity contribution in [2.45, 2.75) is 0 Å². The maximum Gasteiger partial charge on any atom is 0.279 e. The second-order valence-corrected chi connectivity index (χ2v) is 7.22. The van der Waals surface area contributed by atoms with Crippen LogP contribution in [0, 0.1) is 0 Å². The molecule has 2 N–H and O–H groups in total. The van der Waals surface area contributed by atoms with Crippen LogP contribution in [0.25, 0.3) is 22.6 Å². The standard InChI is InChI=1S/C20H13N5O4S/c26-18-9-28-16-4-3-11(6-13(16)22-18)15-10-30-20(23-15)24-19(27)14-7-17(29-25-14)12-2-1-5-21-8-12/h1-8,10H,9H2,(H,22,26)(H,23,24,27). The van der Waals surface area contributed by atoms with Crippen molar-refractivity contribution in [2.75, 3.05) is 17.2 Å². The van der Waals surface area contributed by atoms with Crippen molar-refractivity contribution in [3.63, 3.8) is 0 Å². The number of hydrogen-bond donors (Lipinski definition) is 2. The summed E-state index contributed by atoms with van der Waals surface area (Å²) < 4.78 is 10.6. The van der Waals surface area contributed by atoms with Crippen LogP contribution < -0.4 is 15.4 Å². The number of carbonyl (C=O) groups is 2. The Hall–Kier alpha value is -4.05. The van der Waals surface area contributed by atoms with Gasteiger partial charge in [0.2, 0.25) is 0 Å². The molecule has 0 atom stereocenters. The summed E-state index contributed by atoms with van der Waals surface area (Å²) in [4.78, 5) is 32.5. The molecule has 1 aromatic carbocycles. The van der Waals surface area contributed by atoms with Crippen molar-refractivity contribution in [1.29, 1.82) is 0 Å². The lowest BCUT2D eigenvalue weighted by Gasteiger charge is -2.18. The van der Waals surface area contributed by atoms with E-state index in [1.807, 2.05) is 17.5 Å². The van der Waals surface area contributed by atoms with Crippen molar-refractivity contribution >= 4 is 34.0 Å². The van der Waals surface area contributed by atoms with Gasteiger partial charge < -0.3 is 14.6 Å². The first-order chi connectivity index (χ1) is 14.7. The van der Waals surface area contributed by atoms with Crippen LogP contribution in [-0.2, 0) is 4.79 Å². The third-order valence-electron chi connectivity index (χ3n) is 4.32. The third kappa shape index (κ3) is 3.51. The Kier molecular flexibility index (Phi) is 4.45. The summed E-state index contributed by atoms with van der Waals surface area (Å²) in [6.07, 6.45) is 3.28. The lowest BCUT2D eigenvalue weighted by atomic mass is 10.1. The molecule has 148 valence electrons. The van der Waals surface area contributed by atoms with Gasteiger partial charge in [-0.05, 0) is 30.3 Å². The quantitative estimate of drug-likeness (QED) is 0.520.